The number of rotatable bonds is 6. The molecule has 0 nitrogen and oxygen atoms in total. The van der Waals surface area contributed by atoms with E-state index in [0.717, 1.165) is 12.8 Å². The number of hydrogen-bond acceptors (Lipinski definition) is 0. The Labute approximate surface area is 258 Å². The van der Waals surface area contributed by atoms with Crippen molar-refractivity contribution >= 4 is 15.0 Å². The zero-order chi connectivity index (χ0) is 26.2. The first kappa shape index (κ1) is 30.5. The van der Waals surface area contributed by atoms with Crippen LogP contribution in [0.5, 0.6) is 0 Å². The van der Waals surface area contributed by atoms with E-state index in [-0.39, 0.29) is 24.8 Å². The minimum absolute atomic E-state index is 0. The first-order valence-electron chi connectivity index (χ1n) is 14.1. The third-order valence-electron chi connectivity index (χ3n) is 8.75. The zero-order valence-electron chi connectivity index (χ0n) is 23.7. The molecule has 2 aliphatic carbocycles. The van der Waals surface area contributed by atoms with Crippen LogP contribution in [0.15, 0.2) is 120 Å². The molecule has 0 heterocycles. The molecule has 202 valence electrons. The van der Waals surface area contributed by atoms with Gasteiger partial charge in [-0.15, -0.1) is 0 Å². The first-order chi connectivity index (χ1) is 18.7. The second kappa shape index (κ2) is 13.0. The van der Waals surface area contributed by atoms with E-state index in [1.54, 1.807) is 37.2 Å². The van der Waals surface area contributed by atoms with Crippen LogP contribution in [-0.4, -0.2) is 3.81 Å². The summed E-state index contributed by atoms with van der Waals surface area (Å²) in [5.41, 5.74) is 15.3. The topological polar surface area (TPSA) is 0 Å². The van der Waals surface area contributed by atoms with E-state index < -0.39 is 17.4 Å². The number of benzene rings is 4. The molecule has 0 fully saturated rings. The number of fused-ring (bicyclic) bond motifs is 2. The summed E-state index contributed by atoms with van der Waals surface area (Å²) in [6.07, 6.45) is 2.18. The Kier molecular flexibility index (Phi) is 9.91. The predicted molar refractivity (Wildman–Crippen MR) is 160 cm³/mol. The minimum Gasteiger partial charge on any atom is -1.00 e. The monoisotopic (exact) mass is 598 g/mol. The van der Waals surface area contributed by atoms with Crippen LogP contribution in [0.25, 0.3) is 11.1 Å². The van der Waals surface area contributed by atoms with Gasteiger partial charge in [-0.05, 0) is 0 Å². The second-order valence-corrected chi connectivity index (χ2v) is 14.6. The summed E-state index contributed by atoms with van der Waals surface area (Å²) in [5, 5.41) is 0. The molecule has 3 heteroatoms. The van der Waals surface area contributed by atoms with E-state index in [2.05, 4.69) is 137 Å². The van der Waals surface area contributed by atoms with Crippen LogP contribution in [0.2, 0.25) is 0 Å². The number of halogens is 2. The van der Waals surface area contributed by atoms with Crippen molar-refractivity contribution in [3.05, 3.63) is 154 Å². The Bertz CT molecular complexity index is 1480. The van der Waals surface area contributed by atoms with Gasteiger partial charge in [-0.2, -0.15) is 0 Å². The van der Waals surface area contributed by atoms with Crippen LogP contribution < -0.4 is 24.8 Å². The van der Waals surface area contributed by atoms with E-state index in [4.69, 9.17) is 0 Å². The molecular formula is C37H36Cl2Ti. The summed E-state index contributed by atoms with van der Waals surface area (Å²) in [7, 11) is 0. The van der Waals surface area contributed by atoms with E-state index in [0.29, 0.717) is 8.45 Å². The van der Waals surface area contributed by atoms with Crippen molar-refractivity contribution < 1.29 is 42.2 Å². The summed E-state index contributed by atoms with van der Waals surface area (Å²) < 4.78 is 2.60. The quantitative estimate of drug-likeness (QED) is 0.297. The molecule has 4 aromatic rings. The van der Waals surface area contributed by atoms with Gasteiger partial charge < -0.3 is 24.8 Å². The molecule has 0 bridgehead atoms. The maximum Gasteiger partial charge on any atom is -1.00 e. The maximum atomic E-state index is 2.45. The van der Waals surface area contributed by atoms with Crippen molar-refractivity contribution in [3.63, 3.8) is 0 Å². The summed E-state index contributed by atoms with van der Waals surface area (Å²) in [5.74, 6) is 0. The fraction of sp³-hybridized carbons (Fsp3) is 0.216. The van der Waals surface area contributed by atoms with Gasteiger partial charge in [-0.1, -0.05) is 0 Å². The zero-order valence-corrected chi connectivity index (χ0v) is 26.8. The normalized spacial score (nSPS) is 16.9. The van der Waals surface area contributed by atoms with Crippen LogP contribution in [0.1, 0.15) is 82.4 Å². The van der Waals surface area contributed by atoms with Gasteiger partial charge in [0.1, 0.15) is 0 Å². The summed E-state index contributed by atoms with van der Waals surface area (Å²) in [6, 6.07) is 41.2. The van der Waals surface area contributed by atoms with Crippen molar-refractivity contribution in [2.75, 3.05) is 0 Å². The Morgan fingerprint density at radius 2 is 0.875 bits per heavy atom. The van der Waals surface area contributed by atoms with E-state index in [1.807, 2.05) is 0 Å². The molecule has 40 heavy (non-hydrogen) atoms. The number of allylic oxidation sites excluding steroid dienone is 4. The smallest absolute Gasteiger partial charge is 1.00 e. The Balaban J connectivity index is 0.00000185. The van der Waals surface area contributed by atoms with Crippen molar-refractivity contribution in [1.82, 2.24) is 0 Å². The van der Waals surface area contributed by atoms with Gasteiger partial charge >= 0.3 is 235 Å². The summed E-state index contributed by atoms with van der Waals surface area (Å²) in [6.45, 7) is 9.57. The fourth-order valence-electron chi connectivity index (χ4n) is 7.19. The van der Waals surface area contributed by atoms with Crippen molar-refractivity contribution in [3.8, 4) is 0 Å². The Hall–Kier alpha value is -2.48. The van der Waals surface area contributed by atoms with E-state index in [9.17, 15) is 0 Å². The molecule has 2 aliphatic rings. The van der Waals surface area contributed by atoms with Crippen molar-refractivity contribution in [2.24, 2.45) is 0 Å². The van der Waals surface area contributed by atoms with Gasteiger partial charge in [0.05, 0.1) is 0 Å². The maximum absolute atomic E-state index is 2.45. The molecule has 2 unspecified atom stereocenters. The third-order valence-corrected chi connectivity index (χ3v) is 14.8. The van der Waals surface area contributed by atoms with E-state index >= 15 is 0 Å². The second-order valence-electron chi connectivity index (χ2n) is 10.6. The van der Waals surface area contributed by atoms with Gasteiger partial charge in [-0.25, -0.2) is 0 Å². The van der Waals surface area contributed by atoms with Gasteiger partial charge in [0.15, 0.2) is 0 Å². The average molecular weight is 599 g/mol. The molecule has 0 radical (unpaired) electrons. The minimum atomic E-state index is -2.22. The number of hydrogen-bond donors (Lipinski definition) is 0. The van der Waals surface area contributed by atoms with Crippen LogP contribution in [0.4, 0.5) is 0 Å². The third kappa shape index (κ3) is 5.05. The van der Waals surface area contributed by atoms with Gasteiger partial charge in [0.2, 0.25) is 0 Å². The van der Waals surface area contributed by atoms with Gasteiger partial charge in [-0.3, -0.25) is 0 Å². The summed E-state index contributed by atoms with van der Waals surface area (Å²) in [4.78, 5) is 0. The van der Waals surface area contributed by atoms with Gasteiger partial charge in [0.25, 0.3) is 0 Å². The molecule has 4 aromatic carbocycles. The van der Waals surface area contributed by atoms with Crippen LogP contribution >= 0.6 is 0 Å². The Morgan fingerprint density at radius 1 is 0.525 bits per heavy atom. The molecule has 0 amide bonds. The van der Waals surface area contributed by atoms with E-state index in [1.165, 1.54) is 22.3 Å². The largest absolute Gasteiger partial charge is 1.00 e. The predicted octanol–water partition coefficient (Wildman–Crippen LogP) is 3.76. The average Bonchev–Trinajstić information content (AvgIpc) is 3.41. The summed E-state index contributed by atoms with van der Waals surface area (Å²) >= 11 is -2.22. The standard InChI is InChI=1S/C13H10.2C12H13.2ClH.Ti/c1-3-7-12(8-4-1)11-13-9-5-2-6-10-13;2*1-3-11-9(2)8-10-6-4-5-7-12(10)11;;;/h1-10H;2*4-8H,3H2,1-2H3;2*1H;/q;;;;;+2/p-2. The van der Waals surface area contributed by atoms with Crippen molar-refractivity contribution in [1.29, 1.82) is 0 Å². The molecule has 6 rings (SSSR count). The molecule has 0 saturated carbocycles. The fourth-order valence-corrected chi connectivity index (χ4v) is 14.0. The Morgan fingerprint density at radius 3 is 1.25 bits per heavy atom. The molecule has 0 aromatic heterocycles. The molecule has 0 aliphatic heterocycles. The molecule has 0 saturated heterocycles. The molecule has 0 spiro atoms. The van der Waals surface area contributed by atoms with Gasteiger partial charge in [0, 0.05) is 0 Å². The van der Waals surface area contributed by atoms with Crippen molar-refractivity contribution in [2.45, 2.75) is 49.0 Å². The molecule has 0 N–H and O–H groups in total. The van der Waals surface area contributed by atoms with Crippen LogP contribution in [-0.2, 0) is 17.4 Å². The first-order valence-corrected chi connectivity index (χ1v) is 16.7. The van der Waals surface area contributed by atoms with Crippen LogP contribution in [0, 0.1) is 0 Å². The molecular weight excluding hydrogens is 563 g/mol. The van der Waals surface area contributed by atoms with Crippen LogP contribution in [0.3, 0.4) is 0 Å². The molecule has 2 atom stereocenters. The SMILES string of the molecule is CCC1=C(C)[CH]([Ti+2](=[C](c2ccccc2)c2ccccc2)[CH]2C(C)=C(CC)c3ccccc32)c2ccccc21.[Cl-].[Cl-].